The highest BCUT2D eigenvalue weighted by atomic mass is 35.5. The zero-order valence-electron chi connectivity index (χ0n) is 8.94. The molecule has 0 aromatic heterocycles. The molecule has 0 aliphatic carbocycles. The number of benzene rings is 1. The molecule has 0 aliphatic rings. The molecule has 2 N–H and O–H groups in total. The lowest BCUT2D eigenvalue weighted by atomic mass is 10.1. The van der Waals surface area contributed by atoms with Gasteiger partial charge in [0.05, 0.1) is 4.92 Å². The number of halogens is 1. The number of nitro benzene ring substituents is 1. The van der Waals surface area contributed by atoms with Crippen LogP contribution in [0.25, 0.3) is 6.08 Å². The molecule has 0 aliphatic heterocycles. The Hall–Kier alpha value is -1.39. The Morgan fingerprint density at radius 2 is 2.31 bits per heavy atom. The van der Waals surface area contributed by atoms with Crippen LogP contribution in [0, 0.1) is 10.1 Å². The van der Waals surface area contributed by atoms with Crippen LogP contribution in [0.5, 0.6) is 0 Å². The van der Waals surface area contributed by atoms with Crippen LogP contribution >= 0.6 is 11.6 Å². The summed E-state index contributed by atoms with van der Waals surface area (Å²) in [7, 11) is 0. The molecule has 0 heterocycles. The first-order chi connectivity index (χ1) is 7.58. The lowest BCUT2D eigenvalue weighted by Gasteiger charge is -2.01. The third-order valence-corrected chi connectivity index (χ3v) is 2.57. The molecule has 0 unspecified atom stereocenters. The molecular weight excluding hydrogens is 228 g/mol. The van der Waals surface area contributed by atoms with Crippen molar-refractivity contribution >= 4 is 23.4 Å². The van der Waals surface area contributed by atoms with Crippen LogP contribution in [-0.2, 0) is 0 Å². The standard InChI is InChI=1S/C11H13ClN2O2/c1-2-8(7-13)5-9-3-4-10(12)11(6-9)14(15)16/h3-6H,2,7,13H2,1H3. The maximum absolute atomic E-state index is 10.7. The molecule has 0 amide bonds. The Morgan fingerprint density at radius 3 is 2.81 bits per heavy atom. The minimum Gasteiger partial charge on any atom is -0.327 e. The van der Waals surface area contributed by atoms with Crippen molar-refractivity contribution in [3.8, 4) is 0 Å². The molecule has 0 saturated carbocycles. The Morgan fingerprint density at radius 1 is 1.62 bits per heavy atom. The van der Waals surface area contributed by atoms with E-state index in [9.17, 15) is 10.1 Å². The smallest absolute Gasteiger partial charge is 0.288 e. The number of nitrogens with zero attached hydrogens (tertiary/aromatic N) is 1. The van der Waals surface area contributed by atoms with E-state index in [1.807, 2.05) is 13.0 Å². The van der Waals surface area contributed by atoms with Crippen molar-refractivity contribution in [2.45, 2.75) is 13.3 Å². The van der Waals surface area contributed by atoms with Crippen molar-refractivity contribution < 1.29 is 4.92 Å². The second-order valence-corrected chi connectivity index (χ2v) is 3.74. The van der Waals surface area contributed by atoms with Crippen molar-refractivity contribution in [1.82, 2.24) is 0 Å². The summed E-state index contributed by atoms with van der Waals surface area (Å²) in [6.07, 6.45) is 2.68. The van der Waals surface area contributed by atoms with Crippen molar-refractivity contribution in [3.05, 3.63) is 44.5 Å². The molecule has 0 radical (unpaired) electrons. The summed E-state index contributed by atoms with van der Waals surface area (Å²) in [4.78, 5) is 10.2. The van der Waals surface area contributed by atoms with Gasteiger partial charge in [0.1, 0.15) is 5.02 Å². The van der Waals surface area contributed by atoms with E-state index in [2.05, 4.69) is 0 Å². The largest absolute Gasteiger partial charge is 0.327 e. The number of nitrogens with two attached hydrogens (primary N) is 1. The Labute approximate surface area is 98.9 Å². The minimum absolute atomic E-state index is 0.0807. The Kier molecular flexibility index (Phi) is 4.46. The highest BCUT2D eigenvalue weighted by Crippen LogP contribution is 2.26. The third kappa shape index (κ3) is 3.05. The highest BCUT2D eigenvalue weighted by molar-refractivity contribution is 6.32. The molecule has 86 valence electrons. The first-order valence-corrected chi connectivity index (χ1v) is 5.29. The number of nitro groups is 1. The van der Waals surface area contributed by atoms with Crippen LogP contribution in [-0.4, -0.2) is 11.5 Å². The first kappa shape index (κ1) is 12.7. The predicted molar refractivity (Wildman–Crippen MR) is 65.4 cm³/mol. The summed E-state index contributed by atoms with van der Waals surface area (Å²) in [6, 6.07) is 4.71. The molecule has 0 spiro atoms. The molecule has 1 aromatic carbocycles. The van der Waals surface area contributed by atoms with Crippen LogP contribution in [0.15, 0.2) is 23.8 Å². The van der Waals surface area contributed by atoms with E-state index in [1.165, 1.54) is 12.1 Å². The van der Waals surface area contributed by atoms with Crippen LogP contribution in [0.1, 0.15) is 18.9 Å². The fourth-order valence-corrected chi connectivity index (χ4v) is 1.49. The molecule has 16 heavy (non-hydrogen) atoms. The third-order valence-electron chi connectivity index (χ3n) is 2.25. The van der Waals surface area contributed by atoms with Crippen molar-refractivity contribution in [2.75, 3.05) is 6.54 Å². The van der Waals surface area contributed by atoms with E-state index < -0.39 is 4.92 Å². The molecule has 4 nitrogen and oxygen atoms in total. The van der Waals surface area contributed by atoms with E-state index in [-0.39, 0.29) is 10.7 Å². The summed E-state index contributed by atoms with van der Waals surface area (Å²) in [5, 5.41) is 10.8. The van der Waals surface area contributed by atoms with Gasteiger partial charge in [0.15, 0.2) is 0 Å². The average Bonchev–Trinajstić information content (AvgIpc) is 2.27. The maximum atomic E-state index is 10.7. The van der Waals surface area contributed by atoms with Gasteiger partial charge in [-0.2, -0.15) is 0 Å². The lowest BCUT2D eigenvalue weighted by molar-refractivity contribution is -0.384. The van der Waals surface area contributed by atoms with E-state index in [1.54, 1.807) is 6.07 Å². The van der Waals surface area contributed by atoms with Crippen molar-refractivity contribution in [2.24, 2.45) is 5.73 Å². The van der Waals surface area contributed by atoms with Gasteiger partial charge in [-0.1, -0.05) is 36.2 Å². The summed E-state index contributed by atoms with van der Waals surface area (Å²) in [5.41, 5.74) is 7.24. The van der Waals surface area contributed by atoms with Crippen LogP contribution < -0.4 is 5.73 Å². The fraction of sp³-hybridized carbons (Fsp3) is 0.273. The molecular formula is C11H13ClN2O2. The number of hydrogen-bond donors (Lipinski definition) is 1. The second kappa shape index (κ2) is 5.63. The SMILES string of the molecule is CCC(=Cc1ccc(Cl)c([N+](=O)[O-])c1)CN. The zero-order valence-corrected chi connectivity index (χ0v) is 9.70. The molecule has 1 rings (SSSR count). The van der Waals surface area contributed by atoms with E-state index in [0.29, 0.717) is 6.54 Å². The Balaban J connectivity index is 3.12. The van der Waals surface area contributed by atoms with Crippen molar-refractivity contribution in [3.63, 3.8) is 0 Å². The maximum Gasteiger partial charge on any atom is 0.288 e. The van der Waals surface area contributed by atoms with Gasteiger partial charge in [-0.05, 0) is 18.1 Å². The van der Waals surface area contributed by atoms with Crippen LogP contribution in [0.3, 0.4) is 0 Å². The van der Waals surface area contributed by atoms with E-state index in [0.717, 1.165) is 17.6 Å². The average molecular weight is 241 g/mol. The van der Waals surface area contributed by atoms with E-state index >= 15 is 0 Å². The molecule has 0 bridgehead atoms. The predicted octanol–water partition coefficient (Wildman–Crippen LogP) is 3.00. The van der Waals surface area contributed by atoms with Gasteiger partial charge in [0.25, 0.3) is 5.69 Å². The fourth-order valence-electron chi connectivity index (χ4n) is 1.30. The van der Waals surface area contributed by atoms with Gasteiger partial charge in [-0.25, -0.2) is 0 Å². The molecule has 0 atom stereocenters. The van der Waals surface area contributed by atoms with Gasteiger partial charge in [-0.15, -0.1) is 0 Å². The van der Waals surface area contributed by atoms with Gasteiger partial charge < -0.3 is 5.73 Å². The summed E-state index contributed by atoms with van der Waals surface area (Å²) < 4.78 is 0. The molecule has 0 fully saturated rings. The van der Waals surface area contributed by atoms with Gasteiger partial charge in [-0.3, -0.25) is 10.1 Å². The van der Waals surface area contributed by atoms with Crippen LogP contribution in [0.2, 0.25) is 5.02 Å². The summed E-state index contributed by atoms with van der Waals surface area (Å²) in [5.74, 6) is 0. The molecule has 5 heteroatoms. The lowest BCUT2D eigenvalue weighted by Crippen LogP contribution is -2.01. The zero-order chi connectivity index (χ0) is 12.1. The first-order valence-electron chi connectivity index (χ1n) is 4.92. The highest BCUT2D eigenvalue weighted by Gasteiger charge is 2.11. The van der Waals surface area contributed by atoms with E-state index in [4.69, 9.17) is 17.3 Å². The Bertz CT molecular complexity index is 424. The quantitative estimate of drug-likeness (QED) is 0.650. The normalized spacial score (nSPS) is 11.6. The number of rotatable bonds is 4. The van der Waals surface area contributed by atoms with Crippen molar-refractivity contribution in [1.29, 1.82) is 0 Å². The summed E-state index contributed by atoms with van der Waals surface area (Å²) >= 11 is 5.71. The minimum atomic E-state index is -0.492. The van der Waals surface area contributed by atoms with Crippen LogP contribution in [0.4, 0.5) is 5.69 Å². The second-order valence-electron chi connectivity index (χ2n) is 3.33. The van der Waals surface area contributed by atoms with Gasteiger partial charge in [0, 0.05) is 12.6 Å². The molecule has 0 saturated heterocycles. The molecule has 1 aromatic rings. The summed E-state index contributed by atoms with van der Waals surface area (Å²) in [6.45, 7) is 2.44. The monoisotopic (exact) mass is 240 g/mol. The topological polar surface area (TPSA) is 69.2 Å². The van der Waals surface area contributed by atoms with Gasteiger partial charge >= 0.3 is 0 Å². The van der Waals surface area contributed by atoms with Gasteiger partial charge in [0.2, 0.25) is 0 Å². The number of hydrogen-bond acceptors (Lipinski definition) is 3.